The molecule has 0 atom stereocenters. The van der Waals surface area contributed by atoms with Crippen LogP contribution < -0.4 is 10.6 Å². The quantitative estimate of drug-likeness (QED) is 0.639. The number of hydrogen-bond donors (Lipinski definition) is 2. The number of methoxy groups -OCH3 is 1. The molecule has 0 unspecified atom stereocenters. The van der Waals surface area contributed by atoms with E-state index in [4.69, 9.17) is 4.74 Å². The molecule has 3 rings (SSSR count). The van der Waals surface area contributed by atoms with E-state index in [0.717, 1.165) is 60.3 Å². The van der Waals surface area contributed by atoms with Gasteiger partial charge in [-0.3, -0.25) is 9.59 Å². The monoisotopic (exact) mass is 428 g/mol. The van der Waals surface area contributed by atoms with E-state index in [0.29, 0.717) is 15.4 Å². The van der Waals surface area contributed by atoms with E-state index >= 15 is 0 Å². The Balaban J connectivity index is 1.89. The Kier molecular flexibility index (Phi) is 6.92. The van der Waals surface area contributed by atoms with Gasteiger partial charge in [0.1, 0.15) is 5.00 Å². The van der Waals surface area contributed by atoms with Gasteiger partial charge in [0.25, 0.3) is 5.91 Å². The van der Waals surface area contributed by atoms with E-state index in [-0.39, 0.29) is 23.3 Å². The number of nitrogens with one attached hydrogen (secondary N) is 2. The first-order valence-electron chi connectivity index (χ1n) is 10.2. The molecule has 160 valence electrons. The molecule has 0 radical (unpaired) electrons. The molecule has 1 heterocycles. The number of esters is 1. The summed E-state index contributed by atoms with van der Waals surface area (Å²) >= 11 is 1.11. The average Bonchev–Trinajstić information content (AvgIpc) is 3.06. The van der Waals surface area contributed by atoms with Crippen molar-refractivity contribution in [2.75, 3.05) is 17.7 Å². The molecule has 1 saturated carbocycles. The maximum Gasteiger partial charge on any atom is 0.341 e. The number of benzene rings is 1. The third kappa shape index (κ3) is 4.73. The van der Waals surface area contributed by atoms with Gasteiger partial charge in [-0.15, -0.1) is 11.3 Å². The summed E-state index contributed by atoms with van der Waals surface area (Å²) in [4.78, 5) is 38.5. The van der Waals surface area contributed by atoms with Gasteiger partial charge in [0, 0.05) is 11.6 Å². The van der Waals surface area contributed by atoms with Gasteiger partial charge in [-0.25, -0.2) is 4.79 Å². The van der Waals surface area contributed by atoms with Gasteiger partial charge in [0.2, 0.25) is 5.91 Å². The van der Waals surface area contributed by atoms with Crippen molar-refractivity contribution in [2.24, 2.45) is 5.92 Å². The van der Waals surface area contributed by atoms with Crippen LogP contribution in [0.25, 0.3) is 0 Å². The Bertz CT molecular complexity index is 974. The lowest BCUT2D eigenvalue weighted by atomic mass is 9.89. The number of hydrogen-bond acceptors (Lipinski definition) is 5. The van der Waals surface area contributed by atoms with E-state index in [1.54, 1.807) is 6.92 Å². The molecule has 7 heteroatoms. The van der Waals surface area contributed by atoms with Crippen LogP contribution in [0, 0.1) is 26.7 Å². The minimum atomic E-state index is -0.562. The first-order valence-corrected chi connectivity index (χ1v) is 11.0. The fourth-order valence-electron chi connectivity index (χ4n) is 3.79. The summed E-state index contributed by atoms with van der Waals surface area (Å²) in [6, 6.07) is 5.83. The Morgan fingerprint density at radius 1 is 1.03 bits per heavy atom. The van der Waals surface area contributed by atoms with Crippen molar-refractivity contribution in [3.05, 3.63) is 45.3 Å². The molecule has 0 aliphatic heterocycles. The largest absolute Gasteiger partial charge is 0.465 e. The molecule has 1 aromatic heterocycles. The average molecular weight is 429 g/mol. The highest BCUT2D eigenvalue weighted by Crippen LogP contribution is 2.35. The summed E-state index contributed by atoms with van der Waals surface area (Å²) in [7, 11) is 1.29. The summed E-state index contributed by atoms with van der Waals surface area (Å²) < 4.78 is 4.92. The number of thiophene rings is 1. The van der Waals surface area contributed by atoms with Crippen molar-refractivity contribution in [3.8, 4) is 0 Å². The number of carbonyl (C=O) groups excluding carboxylic acids is 3. The van der Waals surface area contributed by atoms with Crippen LogP contribution in [0.1, 0.15) is 68.8 Å². The molecule has 2 amide bonds. The van der Waals surface area contributed by atoms with Crippen LogP contribution >= 0.6 is 11.3 Å². The number of aryl methyl sites for hydroxylation is 2. The topological polar surface area (TPSA) is 84.5 Å². The van der Waals surface area contributed by atoms with Crippen LogP contribution in [-0.2, 0) is 9.53 Å². The Labute approximate surface area is 181 Å². The second-order valence-corrected chi connectivity index (χ2v) is 8.87. The Hall–Kier alpha value is -2.67. The smallest absolute Gasteiger partial charge is 0.341 e. The summed E-state index contributed by atoms with van der Waals surface area (Å²) in [5.41, 5.74) is 3.46. The lowest BCUT2D eigenvalue weighted by molar-refractivity contribution is -0.120. The van der Waals surface area contributed by atoms with Gasteiger partial charge < -0.3 is 15.4 Å². The number of amides is 2. The highest BCUT2D eigenvalue weighted by Gasteiger charge is 2.29. The maximum absolute atomic E-state index is 13.0. The third-order valence-electron chi connectivity index (χ3n) is 5.60. The number of carbonyl (C=O) groups is 3. The zero-order chi connectivity index (χ0) is 21.8. The normalized spacial score (nSPS) is 14.3. The van der Waals surface area contributed by atoms with Crippen LogP contribution in [-0.4, -0.2) is 24.9 Å². The fraction of sp³-hybridized carbons (Fsp3) is 0.435. The summed E-state index contributed by atoms with van der Waals surface area (Å²) in [5.74, 6) is -1.02. The van der Waals surface area contributed by atoms with Crippen molar-refractivity contribution in [1.29, 1.82) is 0 Å². The van der Waals surface area contributed by atoms with E-state index in [1.807, 2.05) is 32.0 Å². The molecule has 2 aromatic rings. The summed E-state index contributed by atoms with van der Waals surface area (Å²) in [6.45, 7) is 5.59. The minimum absolute atomic E-state index is 0.0566. The highest BCUT2D eigenvalue weighted by molar-refractivity contribution is 7.19. The van der Waals surface area contributed by atoms with Gasteiger partial charge in [-0.1, -0.05) is 31.4 Å². The number of rotatable bonds is 5. The van der Waals surface area contributed by atoms with Crippen LogP contribution in [0.4, 0.5) is 10.7 Å². The molecule has 0 saturated heterocycles. The van der Waals surface area contributed by atoms with Gasteiger partial charge in [0.05, 0.1) is 17.6 Å². The van der Waals surface area contributed by atoms with Crippen molar-refractivity contribution in [2.45, 2.75) is 52.9 Å². The van der Waals surface area contributed by atoms with Crippen molar-refractivity contribution in [3.63, 3.8) is 0 Å². The van der Waals surface area contributed by atoms with Crippen molar-refractivity contribution < 1.29 is 19.1 Å². The molecule has 1 aliphatic carbocycles. The van der Waals surface area contributed by atoms with Crippen LogP contribution in [0.3, 0.4) is 0 Å². The summed E-state index contributed by atoms with van der Waals surface area (Å²) in [6.07, 6.45) is 4.93. The van der Waals surface area contributed by atoms with Gasteiger partial charge in [-0.2, -0.15) is 0 Å². The van der Waals surface area contributed by atoms with E-state index in [2.05, 4.69) is 10.6 Å². The fourth-order valence-corrected chi connectivity index (χ4v) is 4.89. The van der Waals surface area contributed by atoms with Crippen molar-refractivity contribution >= 4 is 39.8 Å². The number of ether oxygens (including phenoxy) is 1. The Morgan fingerprint density at radius 3 is 2.40 bits per heavy atom. The van der Waals surface area contributed by atoms with Gasteiger partial charge in [-0.05, 0) is 56.4 Å². The predicted molar refractivity (Wildman–Crippen MR) is 119 cm³/mol. The molecular formula is C23H28N2O4S. The predicted octanol–water partition coefficient (Wildman–Crippen LogP) is 5.23. The second-order valence-electron chi connectivity index (χ2n) is 7.85. The molecule has 1 aliphatic rings. The summed E-state index contributed by atoms with van der Waals surface area (Å²) in [5, 5.41) is 6.20. The molecule has 0 spiro atoms. The third-order valence-corrected chi connectivity index (χ3v) is 6.80. The van der Waals surface area contributed by atoms with Gasteiger partial charge >= 0.3 is 5.97 Å². The first kappa shape index (κ1) is 22.0. The zero-order valence-electron chi connectivity index (χ0n) is 17.9. The molecule has 30 heavy (non-hydrogen) atoms. The van der Waals surface area contributed by atoms with Crippen LogP contribution in [0.5, 0.6) is 0 Å². The lowest BCUT2D eigenvalue weighted by Gasteiger charge is -2.20. The maximum atomic E-state index is 13.0. The molecule has 0 bridgehead atoms. The lowest BCUT2D eigenvalue weighted by Crippen LogP contribution is -2.25. The van der Waals surface area contributed by atoms with Crippen LogP contribution in [0.15, 0.2) is 18.2 Å². The van der Waals surface area contributed by atoms with Crippen LogP contribution in [0.2, 0.25) is 0 Å². The van der Waals surface area contributed by atoms with E-state index in [9.17, 15) is 14.4 Å². The van der Waals surface area contributed by atoms with E-state index < -0.39 is 5.97 Å². The molecule has 1 fully saturated rings. The highest BCUT2D eigenvalue weighted by atomic mass is 32.1. The van der Waals surface area contributed by atoms with Gasteiger partial charge in [0.15, 0.2) is 0 Å². The van der Waals surface area contributed by atoms with E-state index in [1.165, 1.54) is 7.11 Å². The standard InChI is InChI=1S/C23H28N2O4S/c1-13-10-11-14(2)17(12-13)24-21(27)19-15(3)18(23(28)29-4)22(30-19)25-20(26)16-8-6-5-7-9-16/h10-12,16H,5-9H2,1-4H3,(H,24,27)(H,25,26). The van der Waals surface area contributed by atoms with Crippen molar-refractivity contribution in [1.82, 2.24) is 0 Å². The Morgan fingerprint density at radius 2 is 1.73 bits per heavy atom. The number of anilines is 2. The second kappa shape index (κ2) is 9.43. The zero-order valence-corrected chi connectivity index (χ0v) is 18.7. The molecular weight excluding hydrogens is 400 g/mol. The first-order chi connectivity index (χ1) is 14.3. The SMILES string of the molecule is COC(=O)c1c(NC(=O)C2CCCCC2)sc(C(=O)Nc2cc(C)ccc2C)c1C. The molecule has 6 nitrogen and oxygen atoms in total. The minimum Gasteiger partial charge on any atom is -0.465 e. The molecule has 1 aromatic carbocycles. The molecule has 2 N–H and O–H groups in total.